The van der Waals surface area contributed by atoms with Crippen molar-refractivity contribution in [2.75, 3.05) is 33.2 Å². The van der Waals surface area contributed by atoms with Crippen molar-refractivity contribution in [3.63, 3.8) is 0 Å². The summed E-state index contributed by atoms with van der Waals surface area (Å²) in [5.41, 5.74) is 7.19. The number of benzene rings is 1. The molecule has 1 rings (SSSR count). The van der Waals surface area contributed by atoms with Crippen LogP contribution in [0.5, 0.6) is 0 Å². The summed E-state index contributed by atoms with van der Waals surface area (Å²) in [5, 5.41) is 0. The molecule has 0 aliphatic rings. The van der Waals surface area contributed by atoms with Crippen LogP contribution in [0, 0.1) is 0 Å². The summed E-state index contributed by atoms with van der Waals surface area (Å²) in [6.45, 7) is 5.87. The topological polar surface area (TPSA) is 66.6 Å². The van der Waals surface area contributed by atoms with Crippen LogP contribution in [-0.2, 0) is 11.2 Å². The molecule has 2 N–H and O–H groups in total. The monoisotopic (exact) mass is 291 g/mol. The molecule has 0 saturated heterocycles. The molecule has 1 aromatic rings. The maximum absolute atomic E-state index is 12.3. The minimum atomic E-state index is -0.144. The average Bonchev–Trinajstić information content (AvgIpc) is 2.48. The van der Waals surface area contributed by atoms with Crippen LogP contribution in [-0.4, -0.2) is 54.8 Å². The Morgan fingerprint density at radius 2 is 1.67 bits per heavy atom. The number of hydrogen-bond donors (Lipinski definition) is 1. The summed E-state index contributed by atoms with van der Waals surface area (Å²) < 4.78 is 0. The Morgan fingerprint density at radius 1 is 1.10 bits per heavy atom. The fourth-order valence-electron chi connectivity index (χ4n) is 2.15. The minimum absolute atomic E-state index is 0.0319. The molecule has 5 heteroatoms. The molecule has 0 spiro atoms. The number of amides is 2. The molecule has 0 unspecified atom stereocenters. The van der Waals surface area contributed by atoms with E-state index in [-0.39, 0.29) is 18.4 Å². The standard InChI is InChI=1S/C16H25N3O2/c1-4-19(5-2)15(20)12-18(3)16(21)14-8-6-13(7-9-14)10-11-17/h6-9H,4-5,10-12,17H2,1-3H3. The highest BCUT2D eigenvalue weighted by molar-refractivity contribution is 5.96. The van der Waals surface area contributed by atoms with Crippen LogP contribution in [0.15, 0.2) is 24.3 Å². The summed E-state index contributed by atoms with van der Waals surface area (Å²) in [6, 6.07) is 7.37. The van der Waals surface area contributed by atoms with Crippen LogP contribution >= 0.6 is 0 Å². The van der Waals surface area contributed by atoms with Gasteiger partial charge in [0.15, 0.2) is 0 Å². The van der Waals surface area contributed by atoms with Crippen LogP contribution in [0.1, 0.15) is 29.8 Å². The van der Waals surface area contributed by atoms with Crippen molar-refractivity contribution in [2.45, 2.75) is 20.3 Å². The van der Waals surface area contributed by atoms with E-state index in [1.807, 2.05) is 26.0 Å². The van der Waals surface area contributed by atoms with Crippen LogP contribution in [0.2, 0.25) is 0 Å². The molecule has 0 bridgehead atoms. The number of rotatable bonds is 7. The van der Waals surface area contributed by atoms with Gasteiger partial charge in [-0.25, -0.2) is 0 Å². The number of nitrogens with two attached hydrogens (primary N) is 1. The van der Waals surface area contributed by atoms with E-state index in [0.29, 0.717) is 25.2 Å². The third-order valence-electron chi connectivity index (χ3n) is 3.47. The first-order valence-corrected chi connectivity index (χ1v) is 7.35. The number of likely N-dealkylation sites (N-methyl/N-ethyl adjacent to an activating group) is 2. The predicted octanol–water partition coefficient (Wildman–Crippen LogP) is 1.13. The highest BCUT2D eigenvalue weighted by atomic mass is 16.2. The van der Waals surface area contributed by atoms with Crippen molar-refractivity contribution in [3.05, 3.63) is 35.4 Å². The van der Waals surface area contributed by atoms with Crippen molar-refractivity contribution in [2.24, 2.45) is 5.73 Å². The fraction of sp³-hybridized carbons (Fsp3) is 0.500. The lowest BCUT2D eigenvalue weighted by Gasteiger charge is -2.23. The summed E-state index contributed by atoms with van der Waals surface area (Å²) in [5.74, 6) is -0.176. The molecule has 1 aromatic carbocycles. The van der Waals surface area contributed by atoms with E-state index in [1.165, 1.54) is 4.90 Å². The number of carbonyl (C=O) groups is 2. The van der Waals surface area contributed by atoms with Gasteiger partial charge in [0.05, 0.1) is 6.54 Å². The van der Waals surface area contributed by atoms with Gasteiger partial charge in [0, 0.05) is 25.7 Å². The fourth-order valence-corrected chi connectivity index (χ4v) is 2.15. The van der Waals surface area contributed by atoms with Crippen molar-refractivity contribution in [3.8, 4) is 0 Å². The second-order valence-corrected chi connectivity index (χ2v) is 4.96. The lowest BCUT2D eigenvalue weighted by Crippen LogP contribution is -2.41. The summed E-state index contributed by atoms with van der Waals surface area (Å²) >= 11 is 0. The summed E-state index contributed by atoms with van der Waals surface area (Å²) in [4.78, 5) is 27.5. The van der Waals surface area contributed by atoms with Crippen molar-refractivity contribution >= 4 is 11.8 Å². The van der Waals surface area contributed by atoms with Crippen LogP contribution in [0.25, 0.3) is 0 Å². The van der Waals surface area contributed by atoms with E-state index in [9.17, 15) is 9.59 Å². The second-order valence-electron chi connectivity index (χ2n) is 4.96. The van der Waals surface area contributed by atoms with E-state index in [2.05, 4.69) is 0 Å². The smallest absolute Gasteiger partial charge is 0.254 e. The number of nitrogens with zero attached hydrogens (tertiary/aromatic N) is 2. The Bertz CT molecular complexity index is 467. The first-order valence-electron chi connectivity index (χ1n) is 7.35. The zero-order chi connectivity index (χ0) is 15.8. The van der Waals surface area contributed by atoms with E-state index in [4.69, 9.17) is 5.73 Å². The minimum Gasteiger partial charge on any atom is -0.342 e. The maximum atomic E-state index is 12.3. The van der Waals surface area contributed by atoms with E-state index in [0.717, 1.165) is 12.0 Å². The van der Waals surface area contributed by atoms with Crippen molar-refractivity contribution in [1.82, 2.24) is 9.80 Å². The quantitative estimate of drug-likeness (QED) is 0.819. The molecule has 0 aliphatic heterocycles. The van der Waals surface area contributed by atoms with Gasteiger partial charge in [0.1, 0.15) is 0 Å². The Labute approximate surface area is 126 Å². The van der Waals surface area contributed by atoms with Crippen LogP contribution < -0.4 is 5.73 Å². The van der Waals surface area contributed by atoms with Crippen molar-refractivity contribution < 1.29 is 9.59 Å². The van der Waals surface area contributed by atoms with E-state index >= 15 is 0 Å². The molecule has 21 heavy (non-hydrogen) atoms. The summed E-state index contributed by atoms with van der Waals surface area (Å²) in [6.07, 6.45) is 0.796. The SMILES string of the molecule is CCN(CC)C(=O)CN(C)C(=O)c1ccc(CCN)cc1. The Kier molecular flexibility index (Phi) is 6.88. The number of hydrogen-bond acceptors (Lipinski definition) is 3. The van der Waals surface area contributed by atoms with Gasteiger partial charge in [-0.1, -0.05) is 12.1 Å². The van der Waals surface area contributed by atoms with Gasteiger partial charge in [0.25, 0.3) is 5.91 Å². The zero-order valence-electron chi connectivity index (χ0n) is 13.1. The lowest BCUT2D eigenvalue weighted by atomic mass is 10.1. The third-order valence-corrected chi connectivity index (χ3v) is 3.47. The largest absolute Gasteiger partial charge is 0.342 e. The lowest BCUT2D eigenvalue weighted by molar-refractivity contribution is -0.131. The molecular formula is C16H25N3O2. The average molecular weight is 291 g/mol. The molecule has 0 aliphatic carbocycles. The van der Waals surface area contributed by atoms with Gasteiger partial charge >= 0.3 is 0 Å². The van der Waals surface area contributed by atoms with E-state index in [1.54, 1.807) is 24.1 Å². The van der Waals surface area contributed by atoms with Crippen LogP contribution in [0.4, 0.5) is 0 Å². The first kappa shape index (κ1) is 17.2. The van der Waals surface area contributed by atoms with Gasteiger partial charge in [0.2, 0.25) is 5.91 Å². The van der Waals surface area contributed by atoms with Gasteiger partial charge in [-0.2, -0.15) is 0 Å². The molecule has 116 valence electrons. The Balaban J connectivity index is 2.67. The van der Waals surface area contributed by atoms with Gasteiger partial charge in [-0.15, -0.1) is 0 Å². The normalized spacial score (nSPS) is 10.3. The predicted molar refractivity (Wildman–Crippen MR) is 84.1 cm³/mol. The highest BCUT2D eigenvalue weighted by Gasteiger charge is 2.17. The van der Waals surface area contributed by atoms with Gasteiger partial charge < -0.3 is 15.5 Å². The van der Waals surface area contributed by atoms with Crippen LogP contribution in [0.3, 0.4) is 0 Å². The molecule has 0 radical (unpaired) electrons. The zero-order valence-corrected chi connectivity index (χ0v) is 13.1. The Morgan fingerprint density at radius 3 is 2.14 bits per heavy atom. The first-order chi connectivity index (χ1) is 10.0. The molecule has 0 aromatic heterocycles. The molecule has 0 heterocycles. The number of carbonyl (C=O) groups excluding carboxylic acids is 2. The van der Waals surface area contributed by atoms with Gasteiger partial charge in [-0.3, -0.25) is 9.59 Å². The maximum Gasteiger partial charge on any atom is 0.254 e. The molecule has 0 saturated carbocycles. The second kappa shape index (κ2) is 8.42. The Hall–Kier alpha value is -1.88. The summed E-state index contributed by atoms with van der Waals surface area (Å²) in [7, 11) is 1.65. The molecule has 2 amide bonds. The molecule has 0 fully saturated rings. The molecular weight excluding hydrogens is 266 g/mol. The van der Waals surface area contributed by atoms with E-state index < -0.39 is 0 Å². The van der Waals surface area contributed by atoms with Gasteiger partial charge in [-0.05, 0) is 44.5 Å². The highest BCUT2D eigenvalue weighted by Crippen LogP contribution is 2.08. The molecule has 5 nitrogen and oxygen atoms in total. The van der Waals surface area contributed by atoms with Crippen molar-refractivity contribution in [1.29, 1.82) is 0 Å². The molecule has 0 atom stereocenters. The third kappa shape index (κ3) is 4.86.